The Balaban J connectivity index is 3.07. The minimum absolute atomic E-state index is 0.0453. The van der Waals surface area contributed by atoms with Crippen molar-refractivity contribution in [3.8, 4) is 0 Å². The molecule has 0 spiro atoms. The number of esters is 2. The number of alkyl halides is 1. The van der Waals surface area contributed by atoms with Gasteiger partial charge in [0.05, 0.1) is 9.97 Å². The molecule has 0 aromatic heterocycles. The van der Waals surface area contributed by atoms with Gasteiger partial charge in [-0.05, 0) is 5.92 Å². The lowest BCUT2D eigenvalue weighted by atomic mass is 9.86. The number of halogens is 1. The van der Waals surface area contributed by atoms with Crippen LogP contribution in [0.2, 0.25) is 0 Å². The molecule has 0 saturated carbocycles. The molecule has 1 aliphatic heterocycles. The topological polar surface area (TPSA) is 235 Å². The highest BCUT2D eigenvalue weighted by molar-refractivity contribution is 14.1. The second kappa shape index (κ2) is 6.03. The maximum atomic E-state index is 12.2. The Morgan fingerprint density at radius 2 is 1.78 bits per heavy atom. The molecule has 0 aliphatic carbocycles. The predicted molar refractivity (Wildman–Crippen MR) is 89.7 cm³/mol. The van der Waals surface area contributed by atoms with E-state index in [1.165, 1.54) is 0 Å². The lowest BCUT2D eigenvalue weighted by Gasteiger charge is -2.51. The second-order valence-corrected chi connectivity index (χ2v) is 8.19. The van der Waals surface area contributed by atoms with Crippen LogP contribution in [0.4, 0.5) is 0 Å². The number of nitrogens with two attached hydrogens (primary N) is 7. The Kier molecular flexibility index (Phi) is 5.36. The number of rotatable bonds is 4. The van der Waals surface area contributed by atoms with Crippen LogP contribution in [0.15, 0.2) is 0 Å². The van der Waals surface area contributed by atoms with Gasteiger partial charge < -0.3 is 38.1 Å². The molecule has 0 bridgehead atoms. The number of hydrogen-bond acceptors (Lipinski definition) is 11. The highest BCUT2D eigenvalue weighted by Crippen LogP contribution is 2.31. The first kappa shape index (κ1) is 20.4. The summed E-state index contributed by atoms with van der Waals surface area (Å²) in [7, 11) is 0. The van der Waals surface area contributed by atoms with E-state index in [0.29, 0.717) is 0 Å². The zero-order valence-electron chi connectivity index (χ0n) is 12.9. The fraction of sp³-hybridized carbons (Fsp3) is 0.818. The van der Waals surface area contributed by atoms with Crippen molar-refractivity contribution in [1.29, 1.82) is 0 Å². The molecule has 1 saturated heterocycles. The fourth-order valence-corrected chi connectivity index (χ4v) is 2.14. The van der Waals surface area contributed by atoms with Crippen molar-refractivity contribution >= 4 is 34.5 Å². The molecule has 1 fully saturated rings. The van der Waals surface area contributed by atoms with Gasteiger partial charge in [-0.25, -0.2) is 4.79 Å². The van der Waals surface area contributed by atoms with E-state index in [-0.39, 0.29) is 12.3 Å². The third kappa shape index (κ3) is 3.74. The molecule has 11 nitrogen and oxygen atoms in total. The molecule has 134 valence electrons. The standard InChI is InChI=1S/C11H24IN7O4/c1-4(2)8(12,13)3-5(20)22-6-9(14,15)7(21)23-11(18,19)10(6,16)17/h4,6H,3,13-19H2,1-2H3. The van der Waals surface area contributed by atoms with Crippen LogP contribution in [0.3, 0.4) is 0 Å². The van der Waals surface area contributed by atoms with Gasteiger partial charge in [-0.15, -0.1) is 0 Å². The van der Waals surface area contributed by atoms with Crippen LogP contribution in [-0.2, 0) is 19.1 Å². The van der Waals surface area contributed by atoms with Crippen molar-refractivity contribution in [2.75, 3.05) is 0 Å². The van der Waals surface area contributed by atoms with E-state index in [1.54, 1.807) is 0 Å². The molecule has 2 unspecified atom stereocenters. The number of cyclic esters (lactones) is 1. The summed E-state index contributed by atoms with van der Waals surface area (Å²) in [5.41, 5.74) is 35.5. The van der Waals surface area contributed by atoms with Crippen LogP contribution in [0.5, 0.6) is 0 Å². The number of hydrogen-bond donors (Lipinski definition) is 7. The summed E-state index contributed by atoms with van der Waals surface area (Å²) >= 11 is 1.91. The molecule has 14 N–H and O–H groups in total. The summed E-state index contributed by atoms with van der Waals surface area (Å²) in [5.74, 6) is -4.40. The van der Waals surface area contributed by atoms with Crippen molar-refractivity contribution in [1.82, 2.24) is 0 Å². The van der Waals surface area contributed by atoms with E-state index in [1.807, 2.05) is 36.4 Å². The van der Waals surface area contributed by atoms with Gasteiger partial charge in [0, 0.05) is 0 Å². The zero-order chi connectivity index (χ0) is 18.4. The van der Waals surface area contributed by atoms with Gasteiger partial charge in [-0.3, -0.25) is 16.3 Å². The quantitative estimate of drug-likeness (QED) is 0.0733. The largest absolute Gasteiger partial charge is 0.454 e. The molecule has 1 heterocycles. The Morgan fingerprint density at radius 1 is 1.30 bits per heavy atom. The molecule has 0 aromatic rings. The predicted octanol–water partition coefficient (Wildman–Crippen LogP) is -3.61. The molecule has 1 aliphatic rings. The second-order valence-electron chi connectivity index (χ2n) is 6.18. The van der Waals surface area contributed by atoms with E-state index in [0.717, 1.165) is 0 Å². The van der Waals surface area contributed by atoms with Crippen LogP contribution in [0.25, 0.3) is 0 Å². The normalized spacial score (nSPS) is 28.0. The van der Waals surface area contributed by atoms with Gasteiger partial charge in [0.25, 0.3) is 5.85 Å². The first-order chi connectivity index (χ1) is 10.1. The van der Waals surface area contributed by atoms with Crippen molar-refractivity contribution in [2.45, 2.75) is 47.1 Å². The lowest BCUT2D eigenvalue weighted by Crippen LogP contribution is -2.92. The third-order valence-electron chi connectivity index (χ3n) is 3.78. The summed E-state index contributed by atoms with van der Waals surface area (Å²) in [6.07, 6.45) is -1.93. The van der Waals surface area contributed by atoms with Gasteiger partial charge in [0.1, 0.15) is 0 Å². The van der Waals surface area contributed by atoms with E-state index in [2.05, 4.69) is 4.74 Å². The first-order valence-electron chi connectivity index (χ1n) is 6.69. The number of carbonyl (C=O) groups is 2. The Hall–Kier alpha value is -0.610. The van der Waals surface area contributed by atoms with Crippen LogP contribution in [0.1, 0.15) is 20.3 Å². The SMILES string of the molecule is CC(C)C(N)(I)CC(=O)OC1C(N)(N)C(=O)OC(N)(N)C1(N)N. The molecular formula is C11H24IN7O4. The molecule has 2 atom stereocenters. The summed E-state index contributed by atoms with van der Waals surface area (Å²) < 4.78 is 8.89. The van der Waals surface area contributed by atoms with Gasteiger partial charge in [-0.2, -0.15) is 0 Å². The molecule has 12 heteroatoms. The molecule has 0 radical (unpaired) electrons. The van der Waals surface area contributed by atoms with E-state index in [4.69, 9.17) is 44.9 Å². The molecule has 1 rings (SSSR count). The maximum Gasteiger partial charge on any atom is 0.347 e. The maximum absolute atomic E-state index is 12.2. The minimum atomic E-state index is -2.33. The van der Waals surface area contributed by atoms with Crippen LogP contribution < -0.4 is 40.1 Å². The van der Waals surface area contributed by atoms with Crippen LogP contribution >= 0.6 is 22.6 Å². The van der Waals surface area contributed by atoms with Gasteiger partial charge in [0.15, 0.2) is 11.8 Å². The summed E-state index contributed by atoms with van der Waals surface area (Å²) in [5, 5.41) is 0. The fourth-order valence-electron chi connectivity index (χ4n) is 1.83. The van der Waals surface area contributed by atoms with Gasteiger partial charge >= 0.3 is 11.9 Å². The molecular weight excluding hydrogens is 421 g/mol. The van der Waals surface area contributed by atoms with Crippen molar-refractivity contribution in [3.05, 3.63) is 0 Å². The smallest absolute Gasteiger partial charge is 0.347 e. The number of carbonyl (C=O) groups excluding carboxylic acids is 2. The molecule has 0 amide bonds. The van der Waals surface area contributed by atoms with Crippen molar-refractivity contribution in [3.63, 3.8) is 0 Å². The van der Waals surface area contributed by atoms with Crippen molar-refractivity contribution in [2.24, 2.45) is 46.1 Å². The lowest BCUT2D eigenvalue weighted by molar-refractivity contribution is -0.219. The Bertz CT molecular complexity index is 507. The van der Waals surface area contributed by atoms with E-state index in [9.17, 15) is 9.59 Å². The van der Waals surface area contributed by atoms with Crippen LogP contribution in [-0.4, -0.2) is 38.8 Å². The summed E-state index contributed by atoms with van der Waals surface area (Å²) in [6.45, 7) is 3.66. The van der Waals surface area contributed by atoms with Gasteiger partial charge in [-0.1, -0.05) is 36.4 Å². The molecule has 0 aromatic carbocycles. The van der Waals surface area contributed by atoms with Crippen molar-refractivity contribution < 1.29 is 19.1 Å². The first-order valence-corrected chi connectivity index (χ1v) is 7.77. The summed E-state index contributed by atoms with van der Waals surface area (Å²) in [4.78, 5) is 24.0. The average molecular weight is 445 g/mol. The minimum Gasteiger partial charge on any atom is -0.454 e. The third-order valence-corrected chi connectivity index (χ3v) is 5.41. The zero-order valence-corrected chi connectivity index (χ0v) is 15.1. The number of ether oxygens (including phenoxy) is 2. The summed E-state index contributed by atoms with van der Waals surface area (Å²) in [6, 6.07) is 0. The average Bonchev–Trinajstić information content (AvgIpc) is 2.32. The van der Waals surface area contributed by atoms with Gasteiger partial charge in [0.2, 0.25) is 5.66 Å². The Labute approximate surface area is 147 Å². The highest BCUT2D eigenvalue weighted by atomic mass is 127. The Morgan fingerprint density at radius 3 is 2.22 bits per heavy atom. The van der Waals surface area contributed by atoms with E-state index < -0.39 is 38.8 Å². The van der Waals surface area contributed by atoms with Crippen LogP contribution in [0, 0.1) is 5.92 Å². The monoisotopic (exact) mass is 445 g/mol. The highest BCUT2D eigenvalue weighted by Gasteiger charge is 2.66. The molecule has 23 heavy (non-hydrogen) atoms. The van der Waals surface area contributed by atoms with E-state index >= 15 is 0 Å².